The summed E-state index contributed by atoms with van der Waals surface area (Å²) in [5.41, 5.74) is 1.39. The van der Waals surface area contributed by atoms with Gasteiger partial charge in [0.1, 0.15) is 12.4 Å². The molecular formula is C19H16Cl2FNO3S. The van der Waals surface area contributed by atoms with Crippen LogP contribution in [0.2, 0.25) is 10.0 Å². The van der Waals surface area contributed by atoms with E-state index in [1.165, 1.54) is 17.0 Å². The van der Waals surface area contributed by atoms with E-state index in [0.717, 1.165) is 17.3 Å². The predicted molar refractivity (Wildman–Crippen MR) is 105 cm³/mol. The van der Waals surface area contributed by atoms with Gasteiger partial charge in [-0.1, -0.05) is 47.1 Å². The monoisotopic (exact) mass is 427 g/mol. The molecule has 1 aliphatic rings. The Morgan fingerprint density at radius 1 is 1.15 bits per heavy atom. The van der Waals surface area contributed by atoms with Gasteiger partial charge in [-0.25, -0.2) is 4.39 Å². The van der Waals surface area contributed by atoms with Crippen molar-refractivity contribution >= 4 is 46.1 Å². The fourth-order valence-corrected chi connectivity index (χ4v) is 4.51. The average Bonchev–Trinajstić information content (AvgIpc) is 2.87. The van der Waals surface area contributed by atoms with Gasteiger partial charge in [-0.2, -0.15) is 0 Å². The van der Waals surface area contributed by atoms with Gasteiger partial charge < -0.3 is 4.74 Å². The first-order valence-corrected chi connectivity index (χ1v) is 9.89. The van der Waals surface area contributed by atoms with Crippen molar-refractivity contribution in [3.8, 4) is 5.75 Å². The number of rotatable bonds is 6. The summed E-state index contributed by atoms with van der Waals surface area (Å²) in [6.45, 7) is 2.24. The van der Waals surface area contributed by atoms with Crippen LogP contribution in [0.25, 0.3) is 0 Å². The maximum atomic E-state index is 13.2. The summed E-state index contributed by atoms with van der Waals surface area (Å²) in [6.07, 6.45) is 0.343. The molecule has 0 saturated carbocycles. The van der Waals surface area contributed by atoms with E-state index in [1.54, 1.807) is 31.2 Å². The summed E-state index contributed by atoms with van der Waals surface area (Å²) in [7, 11) is 0. The molecule has 0 aliphatic carbocycles. The average molecular weight is 428 g/mol. The van der Waals surface area contributed by atoms with E-state index in [9.17, 15) is 14.0 Å². The van der Waals surface area contributed by atoms with E-state index in [-0.39, 0.29) is 23.6 Å². The molecule has 1 aliphatic heterocycles. The van der Waals surface area contributed by atoms with Gasteiger partial charge >= 0.3 is 0 Å². The highest BCUT2D eigenvalue weighted by molar-refractivity contribution is 8.15. The van der Waals surface area contributed by atoms with E-state index in [2.05, 4.69) is 0 Å². The Bertz CT molecular complexity index is 870. The first-order chi connectivity index (χ1) is 12.9. The highest BCUT2D eigenvalue weighted by Gasteiger charge is 2.38. The van der Waals surface area contributed by atoms with E-state index < -0.39 is 5.25 Å². The molecule has 0 bridgehead atoms. The Balaban J connectivity index is 1.71. The van der Waals surface area contributed by atoms with E-state index >= 15 is 0 Å². The minimum absolute atomic E-state index is 0.119. The molecule has 27 heavy (non-hydrogen) atoms. The molecular weight excluding hydrogens is 412 g/mol. The Kier molecular flexibility index (Phi) is 6.29. The molecule has 1 fully saturated rings. The number of thioether (sulfide) groups is 1. The number of carbonyl (C=O) groups is 2. The van der Waals surface area contributed by atoms with Gasteiger partial charge in [0.15, 0.2) is 5.75 Å². The molecule has 1 heterocycles. The lowest BCUT2D eigenvalue weighted by molar-refractivity contribution is -0.126. The van der Waals surface area contributed by atoms with E-state index in [1.807, 2.05) is 0 Å². The Hall–Kier alpha value is -1.76. The minimum atomic E-state index is -0.483. The zero-order chi connectivity index (χ0) is 19.6. The zero-order valence-electron chi connectivity index (χ0n) is 14.4. The molecule has 4 nitrogen and oxygen atoms in total. The fourth-order valence-electron chi connectivity index (χ4n) is 2.78. The number of hydrogen-bond acceptors (Lipinski definition) is 4. The normalized spacial score (nSPS) is 16.9. The second-order valence-electron chi connectivity index (χ2n) is 5.97. The zero-order valence-corrected chi connectivity index (χ0v) is 16.7. The molecule has 0 N–H and O–H groups in total. The van der Waals surface area contributed by atoms with Crippen LogP contribution in [-0.4, -0.2) is 27.8 Å². The quantitative estimate of drug-likeness (QED) is 0.624. The lowest BCUT2D eigenvalue weighted by Crippen LogP contribution is -2.31. The van der Waals surface area contributed by atoms with Crippen molar-refractivity contribution in [2.75, 3.05) is 6.54 Å². The van der Waals surface area contributed by atoms with Gasteiger partial charge in [-0.05, 0) is 48.7 Å². The van der Waals surface area contributed by atoms with Crippen LogP contribution in [-0.2, 0) is 17.8 Å². The SMILES string of the molecule is CCN1C(=O)S[C@@H](Cc2cc(Cl)c(OCc3cccc(F)c3)c(Cl)c2)C1=O. The van der Waals surface area contributed by atoms with Crippen LogP contribution >= 0.6 is 35.0 Å². The van der Waals surface area contributed by atoms with Gasteiger partial charge in [-0.3, -0.25) is 14.5 Å². The topological polar surface area (TPSA) is 46.6 Å². The number of amides is 2. The van der Waals surface area contributed by atoms with Gasteiger partial charge in [0.2, 0.25) is 5.91 Å². The van der Waals surface area contributed by atoms with Crippen LogP contribution in [0.4, 0.5) is 9.18 Å². The summed E-state index contributed by atoms with van der Waals surface area (Å²) in [5.74, 6) is -0.257. The molecule has 1 atom stereocenters. The first kappa shape index (κ1) is 20.0. The molecule has 0 spiro atoms. The number of benzene rings is 2. The van der Waals surface area contributed by atoms with Crippen molar-refractivity contribution in [1.82, 2.24) is 4.90 Å². The van der Waals surface area contributed by atoms with E-state index in [0.29, 0.717) is 34.3 Å². The molecule has 1 saturated heterocycles. The van der Waals surface area contributed by atoms with Crippen LogP contribution in [0.5, 0.6) is 5.75 Å². The summed E-state index contributed by atoms with van der Waals surface area (Å²) in [5, 5.41) is -0.130. The Labute approximate surface area is 170 Å². The molecule has 142 valence electrons. The molecule has 8 heteroatoms. The van der Waals surface area contributed by atoms with Crippen molar-refractivity contribution in [2.45, 2.75) is 25.2 Å². The summed E-state index contributed by atoms with van der Waals surface area (Å²) in [4.78, 5) is 25.3. The fraction of sp³-hybridized carbons (Fsp3) is 0.263. The Morgan fingerprint density at radius 3 is 2.44 bits per heavy atom. The van der Waals surface area contributed by atoms with Crippen LogP contribution in [0.1, 0.15) is 18.1 Å². The third kappa shape index (κ3) is 4.57. The molecule has 3 rings (SSSR count). The molecule has 2 aromatic carbocycles. The number of carbonyl (C=O) groups excluding carboxylic acids is 2. The highest BCUT2D eigenvalue weighted by Crippen LogP contribution is 2.37. The second kappa shape index (κ2) is 8.50. The van der Waals surface area contributed by atoms with Crippen molar-refractivity contribution in [1.29, 1.82) is 0 Å². The molecule has 0 radical (unpaired) electrons. The summed E-state index contributed by atoms with van der Waals surface area (Å²) >= 11 is 13.6. The summed E-state index contributed by atoms with van der Waals surface area (Å²) < 4.78 is 18.9. The largest absolute Gasteiger partial charge is 0.486 e. The van der Waals surface area contributed by atoms with Gasteiger partial charge in [0.25, 0.3) is 5.24 Å². The van der Waals surface area contributed by atoms with Crippen molar-refractivity contribution in [3.63, 3.8) is 0 Å². The highest BCUT2D eigenvalue weighted by atomic mass is 35.5. The van der Waals surface area contributed by atoms with Crippen molar-refractivity contribution < 1.29 is 18.7 Å². The standard InChI is InChI=1S/C19H16Cl2FNO3S/c1-2-23-18(24)16(27-19(23)25)9-12-7-14(20)17(15(21)8-12)26-10-11-4-3-5-13(22)6-11/h3-8,16H,2,9-10H2,1H3/t16-/m0/s1. The number of imide groups is 1. The molecule has 2 aromatic rings. The molecule has 0 unspecified atom stereocenters. The first-order valence-electron chi connectivity index (χ1n) is 8.26. The number of nitrogens with zero attached hydrogens (tertiary/aromatic N) is 1. The Morgan fingerprint density at radius 2 is 1.85 bits per heavy atom. The number of ether oxygens (including phenoxy) is 1. The summed E-state index contributed by atoms with van der Waals surface area (Å²) in [6, 6.07) is 9.39. The number of hydrogen-bond donors (Lipinski definition) is 0. The van der Waals surface area contributed by atoms with Gasteiger partial charge in [-0.15, -0.1) is 0 Å². The minimum Gasteiger partial charge on any atom is -0.486 e. The lowest BCUT2D eigenvalue weighted by atomic mass is 10.1. The van der Waals surface area contributed by atoms with Gasteiger partial charge in [0.05, 0.1) is 15.3 Å². The maximum absolute atomic E-state index is 13.2. The van der Waals surface area contributed by atoms with Crippen molar-refractivity contribution in [2.24, 2.45) is 0 Å². The second-order valence-corrected chi connectivity index (χ2v) is 7.93. The van der Waals surface area contributed by atoms with Gasteiger partial charge in [0, 0.05) is 6.54 Å². The third-order valence-electron chi connectivity index (χ3n) is 4.07. The van der Waals surface area contributed by atoms with E-state index in [4.69, 9.17) is 27.9 Å². The van der Waals surface area contributed by atoms with Crippen LogP contribution in [0.3, 0.4) is 0 Å². The van der Waals surface area contributed by atoms with Crippen LogP contribution in [0.15, 0.2) is 36.4 Å². The molecule has 2 amide bonds. The third-order valence-corrected chi connectivity index (χ3v) is 5.71. The van der Waals surface area contributed by atoms with Crippen LogP contribution in [0, 0.1) is 5.82 Å². The molecule has 0 aromatic heterocycles. The van der Waals surface area contributed by atoms with Crippen molar-refractivity contribution in [3.05, 3.63) is 63.4 Å². The lowest BCUT2D eigenvalue weighted by Gasteiger charge is -2.14. The van der Waals surface area contributed by atoms with Crippen LogP contribution < -0.4 is 4.74 Å². The smallest absolute Gasteiger partial charge is 0.289 e. The maximum Gasteiger partial charge on any atom is 0.289 e. The predicted octanol–water partition coefficient (Wildman–Crippen LogP) is 5.34. The number of halogens is 3.